The summed E-state index contributed by atoms with van der Waals surface area (Å²) in [5.74, 6) is 0.952. The number of amides is 1. The average Bonchev–Trinajstić information content (AvgIpc) is 3.22. The second kappa shape index (κ2) is 6.50. The first-order chi connectivity index (χ1) is 13.2. The molecule has 140 valence electrons. The molecule has 5 rings (SSSR count). The van der Waals surface area contributed by atoms with Crippen LogP contribution in [0.2, 0.25) is 5.02 Å². The van der Waals surface area contributed by atoms with E-state index in [9.17, 15) is 4.79 Å². The number of carbonyl (C=O) groups is 1. The van der Waals surface area contributed by atoms with Crippen molar-refractivity contribution >= 4 is 23.3 Å². The fraction of sp³-hybridized carbons (Fsp3) is 0.429. The van der Waals surface area contributed by atoms with Crippen molar-refractivity contribution in [2.24, 2.45) is 0 Å². The van der Waals surface area contributed by atoms with Crippen LogP contribution in [0.3, 0.4) is 0 Å². The van der Waals surface area contributed by atoms with Crippen LogP contribution in [0.5, 0.6) is 0 Å². The molecular formula is C21H22ClN3O2. The monoisotopic (exact) mass is 383 g/mol. The van der Waals surface area contributed by atoms with Crippen molar-refractivity contribution in [3.63, 3.8) is 0 Å². The summed E-state index contributed by atoms with van der Waals surface area (Å²) in [6.45, 7) is 1.44. The highest BCUT2D eigenvalue weighted by atomic mass is 35.5. The number of rotatable bonds is 2. The van der Waals surface area contributed by atoms with Crippen molar-refractivity contribution in [3.8, 4) is 0 Å². The largest absolute Gasteiger partial charge is 0.355 e. The SMILES string of the molecule is O=C1N2[C@@H](CC[C@H]2c2ccccc2)OC12CCN(c1ncccc1Cl)CC2. The second-order valence-corrected chi connectivity index (χ2v) is 7.99. The highest BCUT2D eigenvalue weighted by molar-refractivity contribution is 6.32. The van der Waals surface area contributed by atoms with Gasteiger partial charge in [0.1, 0.15) is 12.0 Å². The molecule has 1 amide bonds. The van der Waals surface area contributed by atoms with Gasteiger partial charge in [0.2, 0.25) is 0 Å². The Morgan fingerprint density at radius 3 is 2.59 bits per heavy atom. The zero-order valence-corrected chi connectivity index (χ0v) is 15.8. The van der Waals surface area contributed by atoms with Crippen LogP contribution in [0.25, 0.3) is 0 Å². The zero-order valence-electron chi connectivity index (χ0n) is 15.1. The molecular weight excluding hydrogens is 362 g/mol. The maximum atomic E-state index is 13.4. The predicted octanol–water partition coefficient (Wildman–Crippen LogP) is 3.79. The summed E-state index contributed by atoms with van der Waals surface area (Å²) in [5, 5.41) is 0.650. The number of halogens is 1. The van der Waals surface area contributed by atoms with Crippen LogP contribution < -0.4 is 4.90 Å². The number of piperidine rings is 1. The van der Waals surface area contributed by atoms with Gasteiger partial charge in [0.05, 0.1) is 11.1 Å². The predicted molar refractivity (Wildman–Crippen MR) is 104 cm³/mol. The van der Waals surface area contributed by atoms with Crippen LogP contribution in [-0.4, -0.2) is 40.7 Å². The number of ether oxygens (including phenoxy) is 1. The van der Waals surface area contributed by atoms with Gasteiger partial charge in [0.15, 0.2) is 5.60 Å². The van der Waals surface area contributed by atoms with Gasteiger partial charge in [-0.15, -0.1) is 0 Å². The van der Waals surface area contributed by atoms with E-state index in [4.69, 9.17) is 16.3 Å². The smallest absolute Gasteiger partial charge is 0.257 e. The summed E-state index contributed by atoms with van der Waals surface area (Å²) in [7, 11) is 0. The molecule has 0 aliphatic carbocycles. The van der Waals surface area contributed by atoms with Gasteiger partial charge in [-0.2, -0.15) is 0 Å². The molecule has 6 heteroatoms. The van der Waals surface area contributed by atoms with Gasteiger partial charge in [0, 0.05) is 32.1 Å². The van der Waals surface area contributed by atoms with Crippen molar-refractivity contribution in [2.45, 2.75) is 43.6 Å². The van der Waals surface area contributed by atoms with E-state index in [1.165, 1.54) is 5.56 Å². The minimum atomic E-state index is -0.685. The number of aromatic nitrogens is 1. The van der Waals surface area contributed by atoms with E-state index in [1.54, 1.807) is 6.20 Å². The lowest BCUT2D eigenvalue weighted by Crippen LogP contribution is -2.50. The molecule has 3 aliphatic rings. The maximum Gasteiger partial charge on any atom is 0.257 e. The number of pyridine rings is 1. The fourth-order valence-electron chi connectivity index (χ4n) is 4.74. The molecule has 1 spiro atoms. The summed E-state index contributed by atoms with van der Waals surface area (Å²) in [6.07, 6.45) is 4.88. The van der Waals surface area contributed by atoms with E-state index in [2.05, 4.69) is 22.0 Å². The molecule has 27 heavy (non-hydrogen) atoms. The number of nitrogens with zero attached hydrogens (tertiary/aromatic N) is 3. The van der Waals surface area contributed by atoms with Gasteiger partial charge in [-0.25, -0.2) is 4.98 Å². The first kappa shape index (κ1) is 17.0. The molecule has 0 saturated carbocycles. The molecule has 1 aromatic carbocycles. The van der Waals surface area contributed by atoms with Gasteiger partial charge in [-0.1, -0.05) is 41.9 Å². The van der Waals surface area contributed by atoms with Crippen LogP contribution in [0.1, 0.15) is 37.3 Å². The Hall–Kier alpha value is -2.11. The quantitative estimate of drug-likeness (QED) is 0.791. The van der Waals surface area contributed by atoms with Crippen LogP contribution in [-0.2, 0) is 9.53 Å². The Bertz CT molecular complexity index is 852. The van der Waals surface area contributed by atoms with Gasteiger partial charge in [-0.05, 0) is 30.5 Å². The number of benzene rings is 1. The molecule has 5 nitrogen and oxygen atoms in total. The van der Waals surface area contributed by atoms with Crippen molar-refractivity contribution in [1.82, 2.24) is 9.88 Å². The Morgan fingerprint density at radius 1 is 1.07 bits per heavy atom. The molecule has 3 saturated heterocycles. The molecule has 1 aromatic heterocycles. The Morgan fingerprint density at radius 2 is 1.85 bits per heavy atom. The average molecular weight is 384 g/mol. The van der Waals surface area contributed by atoms with Crippen LogP contribution in [0, 0.1) is 0 Å². The Balaban J connectivity index is 1.34. The minimum Gasteiger partial charge on any atom is -0.355 e. The molecule has 0 unspecified atom stereocenters. The van der Waals surface area contributed by atoms with Crippen molar-refractivity contribution in [1.29, 1.82) is 0 Å². The molecule has 3 fully saturated rings. The third kappa shape index (κ3) is 2.72. The highest BCUT2D eigenvalue weighted by Crippen LogP contribution is 2.47. The van der Waals surface area contributed by atoms with E-state index in [1.807, 2.05) is 35.2 Å². The van der Waals surface area contributed by atoms with Crippen molar-refractivity contribution in [3.05, 3.63) is 59.2 Å². The summed E-state index contributed by atoms with van der Waals surface area (Å²) in [5.41, 5.74) is 0.516. The lowest BCUT2D eigenvalue weighted by Gasteiger charge is -2.38. The second-order valence-electron chi connectivity index (χ2n) is 7.58. The minimum absolute atomic E-state index is 0.0901. The molecule has 0 bridgehead atoms. The van der Waals surface area contributed by atoms with Crippen molar-refractivity contribution < 1.29 is 9.53 Å². The number of fused-ring (bicyclic) bond motifs is 1. The molecule has 0 N–H and O–H groups in total. The third-order valence-electron chi connectivity index (χ3n) is 6.11. The zero-order chi connectivity index (χ0) is 18.4. The number of hydrogen-bond acceptors (Lipinski definition) is 4. The Labute approximate surface area is 163 Å². The van der Waals surface area contributed by atoms with Gasteiger partial charge < -0.3 is 14.5 Å². The standard InChI is InChI=1S/C21H22ClN3O2/c22-16-7-4-12-23-19(16)24-13-10-21(11-14-24)20(26)25-17(8-9-18(25)27-21)15-5-2-1-3-6-15/h1-7,12,17-18H,8-11,13-14H2/t17-,18+/m0/s1. The lowest BCUT2D eigenvalue weighted by molar-refractivity contribution is -0.140. The third-order valence-corrected chi connectivity index (χ3v) is 6.41. The van der Waals surface area contributed by atoms with E-state index in [-0.39, 0.29) is 18.2 Å². The van der Waals surface area contributed by atoms with Crippen LogP contribution >= 0.6 is 11.6 Å². The van der Waals surface area contributed by atoms with E-state index in [0.717, 1.165) is 31.7 Å². The topological polar surface area (TPSA) is 45.7 Å². The molecule has 3 aliphatic heterocycles. The first-order valence-corrected chi connectivity index (χ1v) is 9.97. The van der Waals surface area contributed by atoms with E-state index in [0.29, 0.717) is 17.9 Å². The van der Waals surface area contributed by atoms with E-state index >= 15 is 0 Å². The lowest BCUT2D eigenvalue weighted by atomic mass is 9.89. The van der Waals surface area contributed by atoms with E-state index < -0.39 is 5.60 Å². The summed E-state index contributed by atoms with van der Waals surface area (Å²) >= 11 is 6.29. The number of hydrogen-bond donors (Lipinski definition) is 0. The van der Waals surface area contributed by atoms with Gasteiger partial charge in [-0.3, -0.25) is 4.79 Å². The summed E-state index contributed by atoms with van der Waals surface area (Å²) in [6, 6.07) is 14.1. The Kier molecular flexibility index (Phi) is 4.10. The van der Waals surface area contributed by atoms with Gasteiger partial charge in [0.25, 0.3) is 5.91 Å². The molecule has 4 heterocycles. The molecule has 2 atom stereocenters. The number of carbonyl (C=O) groups excluding carboxylic acids is 1. The van der Waals surface area contributed by atoms with Crippen LogP contribution in [0.15, 0.2) is 48.7 Å². The first-order valence-electron chi connectivity index (χ1n) is 9.59. The van der Waals surface area contributed by atoms with Crippen LogP contribution in [0.4, 0.5) is 5.82 Å². The molecule has 2 aromatic rings. The van der Waals surface area contributed by atoms with Gasteiger partial charge >= 0.3 is 0 Å². The van der Waals surface area contributed by atoms with Crippen molar-refractivity contribution in [2.75, 3.05) is 18.0 Å². The molecule has 0 radical (unpaired) electrons. The normalized spacial score (nSPS) is 26.6. The summed E-state index contributed by atoms with van der Waals surface area (Å²) < 4.78 is 6.39. The fourth-order valence-corrected chi connectivity index (χ4v) is 4.98. The maximum absolute atomic E-state index is 13.4. The highest BCUT2D eigenvalue weighted by Gasteiger charge is 2.58. The summed E-state index contributed by atoms with van der Waals surface area (Å²) in [4.78, 5) is 22.0. The number of anilines is 1.